The van der Waals surface area contributed by atoms with E-state index in [0.29, 0.717) is 6.54 Å². The van der Waals surface area contributed by atoms with E-state index >= 15 is 0 Å². The molecule has 1 aliphatic heterocycles. The highest BCUT2D eigenvalue weighted by molar-refractivity contribution is 6.33. The third-order valence-corrected chi connectivity index (χ3v) is 5.41. The zero-order valence-corrected chi connectivity index (χ0v) is 17.1. The van der Waals surface area contributed by atoms with Gasteiger partial charge < -0.3 is 15.0 Å². The Kier molecular flexibility index (Phi) is 7.71. The van der Waals surface area contributed by atoms with E-state index in [1.807, 2.05) is 48.5 Å². The van der Waals surface area contributed by atoms with E-state index < -0.39 is 6.10 Å². The Labute approximate surface area is 172 Å². The lowest BCUT2D eigenvalue weighted by Crippen LogP contribution is -2.47. The van der Waals surface area contributed by atoms with Crippen molar-refractivity contribution in [2.75, 3.05) is 51.3 Å². The molecule has 0 saturated carbocycles. The largest absolute Gasteiger partial charge is 0.368 e. The number of hydrogen-bond acceptors (Lipinski definition) is 4. The Bertz CT molecular complexity index is 748. The van der Waals surface area contributed by atoms with Crippen LogP contribution in [0.25, 0.3) is 0 Å². The normalized spacial score (nSPS) is 16.0. The number of piperazine rings is 1. The van der Waals surface area contributed by atoms with Crippen LogP contribution in [0.4, 0.5) is 5.69 Å². The molecule has 0 bridgehead atoms. The van der Waals surface area contributed by atoms with E-state index in [4.69, 9.17) is 16.3 Å². The van der Waals surface area contributed by atoms with Crippen LogP contribution in [0.5, 0.6) is 0 Å². The summed E-state index contributed by atoms with van der Waals surface area (Å²) in [5.74, 6) is -0.0859. The Morgan fingerprint density at radius 2 is 1.75 bits per heavy atom. The molecule has 0 aliphatic carbocycles. The predicted octanol–water partition coefficient (Wildman–Crippen LogP) is 3.36. The van der Waals surface area contributed by atoms with Crippen LogP contribution in [-0.2, 0) is 9.53 Å². The van der Waals surface area contributed by atoms with Gasteiger partial charge in [-0.1, -0.05) is 54.1 Å². The number of para-hydroxylation sites is 1. The number of halogens is 1. The van der Waals surface area contributed by atoms with Gasteiger partial charge in [-0.2, -0.15) is 0 Å². The number of carbonyl (C=O) groups excluding carboxylic acids is 1. The second kappa shape index (κ2) is 10.5. The number of amides is 1. The van der Waals surface area contributed by atoms with Crippen molar-refractivity contribution in [3.05, 3.63) is 65.2 Å². The summed E-state index contributed by atoms with van der Waals surface area (Å²) in [5, 5.41) is 3.81. The minimum Gasteiger partial charge on any atom is -0.368 e. The fourth-order valence-corrected chi connectivity index (χ4v) is 3.81. The van der Waals surface area contributed by atoms with Crippen LogP contribution in [-0.4, -0.2) is 57.2 Å². The van der Waals surface area contributed by atoms with Crippen LogP contribution in [0.15, 0.2) is 54.6 Å². The number of rotatable bonds is 8. The van der Waals surface area contributed by atoms with Crippen molar-refractivity contribution in [2.24, 2.45) is 0 Å². The maximum atomic E-state index is 12.4. The SMILES string of the molecule is COC(C(=O)NCCCN1CCN(c2ccccc2Cl)CC1)c1ccccc1. The van der Waals surface area contributed by atoms with E-state index in [1.54, 1.807) is 7.11 Å². The Balaban J connectivity index is 1.37. The molecule has 0 spiro atoms. The molecule has 0 radical (unpaired) electrons. The fraction of sp³-hybridized carbons (Fsp3) is 0.409. The van der Waals surface area contributed by atoms with E-state index in [-0.39, 0.29) is 5.91 Å². The van der Waals surface area contributed by atoms with Crippen molar-refractivity contribution in [1.29, 1.82) is 0 Å². The van der Waals surface area contributed by atoms with Crippen molar-refractivity contribution in [1.82, 2.24) is 10.2 Å². The minimum absolute atomic E-state index is 0.0859. The predicted molar refractivity (Wildman–Crippen MR) is 114 cm³/mol. The average molecular weight is 402 g/mol. The molecule has 1 N–H and O–H groups in total. The summed E-state index contributed by atoms with van der Waals surface area (Å²) in [4.78, 5) is 17.2. The van der Waals surface area contributed by atoms with Crippen LogP contribution in [0, 0.1) is 0 Å². The second-order valence-electron chi connectivity index (χ2n) is 6.95. The van der Waals surface area contributed by atoms with Crippen molar-refractivity contribution in [2.45, 2.75) is 12.5 Å². The fourth-order valence-electron chi connectivity index (χ4n) is 3.55. The number of methoxy groups -OCH3 is 1. The van der Waals surface area contributed by atoms with Gasteiger partial charge >= 0.3 is 0 Å². The molecular weight excluding hydrogens is 374 g/mol. The number of carbonyl (C=O) groups is 1. The second-order valence-corrected chi connectivity index (χ2v) is 7.36. The Morgan fingerprint density at radius 3 is 2.43 bits per heavy atom. The first kappa shape index (κ1) is 20.6. The topological polar surface area (TPSA) is 44.8 Å². The van der Waals surface area contributed by atoms with Gasteiger partial charge in [-0.05, 0) is 30.7 Å². The summed E-state index contributed by atoms with van der Waals surface area (Å²) >= 11 is 6.30. The molecule has 1 atom stereocenters. The molecule has 150 valence electrons. The van der Waals surface area contributed by atoms with Crippen molar-refractivity contribution < 1.29 is 9.53 Å². The molecule has 3 rings (SSSR count). The standard InChI is InChI=1S/C22H28ClN3O2/c1-28-21(18-8-3-2-4-9-18)22(27)24-12-7-13-25-14-16-26(17-15-25)20-11-6-5-10-19(20)23/h2-6,8-11,21H,7,12-17H2,1H3,(H,24,27). The monoisotopic (exact) mass is 401 g/mol. The molecule has 28 heavy (non-hydrogen) atoms. The lowest BCUT2D eigenvalue weighted by Gasteiger charge is -2.36. The molecule has 1 aliphatic rings. The molecular formula is C22H28ClN3O2. The van der Waals surface area contributed by atoms with E-state index in [0.717, 1.165) is 55.4 Å². The summed E-state index contributed by atoms with van der Waals surface area (Å²) in [7, 11) is 1.57. The molecule has 2 aromatic rings. The van der Waals surface area contributed by atoms with E-state index in [1.165, 1.54) is 0 Å². The zero-order valence-electron chi connectivity index (χ0n) is 16.3. The first-order valence-corrected chi connectivity index (χ1v) is 10.1. The van der Waals surface area contributed by atoms with Crippen LogP contribution in [0.2, 0.25) is 5.02 Å². The first-order valence-electron chi connectivity index (χ1n) is 9.76. The van der Waals surface area contributed by atoms with Gasteiger partial charge in [0, 0.05) is 39.8 Å². The highest BCUT2D eigenvalue weighted by Crippen LogP contribution is 2.26. The van der Waals surface area contributed by atoms with Crippen LogP contribution in [0.1, 0.15) is 18.1 Å². The summed E-state index contributed by atoms with van der Waals surface area (Å²) in [6, 6.07) is 17.6. The lowest BCUT2D eigenvalue weighted by atomic mass is 10.1. The summed E-state index contributed by atoms with van der Waals surface area (Å²) < 4.78 is 5.37. The highest BCUT2D eigenvalue weighted by atomic mass is 35.5. The molecule has 0 aromatic heterocycles. The van der Waals surface area contributed by atoms with E-state index in [2.05, 4.69) is 21.2 Å². The Morgan fingerprint density at radius 1 is 1.07 bits per heavy atom. The number of benzene rings is 2. The summed E-state index contributed by atoms with van der Waals surface area (Å²) in [6.07, 6.45) is 0.364. The van der Waals surface area contributed by atoms with Crippen molar-refractivity contribution >= 4 is 23.2 Å². The third-order valence-electron chi connectivity index (χ3n) is 5.09. The summed E-state index contributed by atoms with van der Waals surface area (Å²) in [6.45, 7) is 5.56. The van der Waals surface area contributed by atoms with Gasteiger partial charge in [0.05, 0.1) is 10.7 Å². The number of anilines is 1. The maximum absolute atomic E-state index is 12.4. The van der Waals surface area contributed by atoms with Crippen LogP contribution >= 0.6 is 11.6 Å². The molecule has 1 unspecified atom stereocenters. The smallest absolute Gasteiger partial charge is 0.253 e. The molecule has 1 saturated heterocycles. The highest BCUT2D eigenvalue weighted by Gasteiger charge is 2.20. The van der Waals surface area contributed by atoms with Crippen molar-refractivity contribution in [3.63, 3.8) is 0 Å². The quantitative estimate of drug-likeness (QED) is 0.689. The molecule has 1 amide bonds. The van der Waals surface area contributed by atoms with Gasteiger partial charge in [0.1, 0.15) is 0 Å². The number of nitrogens with zero attached hydrogens (tertiary/aromatic N) is 2. The molecule has 1 heterocycles. The number of nitrogens with one attached hydrogen (secondary N) is 1. The first-order chi connectivity index (χ1) is 13.7. The Hall–Kier alpha value is -2.08. The summed E-state index contributed by atoms with van der Waals surface area (Å²) in [5.41, 5.74) is 1.99. The molecule has 6 heteroatoms. The van der Waals surface area contributed by atoms with E-state index in [9.17, 15) is 4.79 Å². The lowest BCUT2D eigenvalue weighted by molar-refractivity contribution is -0.131. The van der Waals surface area contributed by atoms with Crippen LogP contribution < -0.4 is 10.2 Å². The minimum atomic E-state index is -0.555. The van der Waals surface area contributed by atoms with Gasteiger partial charge in [0.25, 0.3) is 5.91 Å². The molecule has 1 fully saturated rings. The number of hydrogen-bond donors (Lipinski definition) is 1. The van der Waals surface area contributed by atoms with Crippen LogP contribution in [0.3, 0.4) is 0 Å². The van der Waals surface area contributed by atoms with Crippen molar-refractivity contribution in [3.8, 4) is 0 Å². The zero-order chi connectivity index (χ0) is 19.8. The average Bonchev–Trinajstić information content (AvgIpc) is 2.73. The van der Waals surface area contributed by atoms with Gasteiger partial charge in [0.15, 0.2) is 6.10 Å². The number of ether oxygens (including phenoxy) is 1. The van der Waals surface area contributed by atoms with Gasteiger partial charge in [-0.15, -0.1) is 0 Å². The molecule has 5 nitrogen and oxygen atoms in total. The molecule has 2 aromatic carbocycles. The van der Waals surface area contributed by atoms with Gasteiger partial charge in [-0.25, -0.2) is 0 Å². The maximum Gasteiger partial charge on any atom is 0.253 e. The van der Waals surface area contributed by atoms with Gasteiger partial charge in [-0.3, -0.25) is 9.69 Å². The van der Waals surface area contributed by atoms with Gasteiger partial charge in [0.2, 0.25) is 0 Å². The third kappa shape index (κ3) is 5.47.